The summed E-state index contributed by atoms with van der Waals surface area (Å²) in [6.07, 6.45) is 65.9. The Labute approximate surface area is 372 Å². The number of carbonyl (C=O) groups is 3. The Morgan fingerprint density at radius 3 is 0.783 bits per heavy atom. The second-order valence-corrected chi connectivity index (χ2v) is 16.5. The molecule has 0 bridgehead atoms. The van der Waals surface area contributed by atoms with Gasteiger partial charge < -0.3 is 15.3 Å². The molecule has 0 aliphatic heterocycles. The van der Waals surface area contributed by atoms with Crippen LogP contribution >= 0.6 is 0 Å². The van der Waals surface area contributed by atoms with E-state index < -0.39 is 17.9 Å². The number of carboxylic acid groups (broad SMARTS) is 3. The van der Waals surface area contributed by atoms with Gasteiger partial charge in [0.15, 0.2) is 0 Å². The number of hydrogen-bond acceptors (Lipinski definition) is 3. The lowest BCUT2D eigenvalue weighted by molar-refractivity contribution is -0.138. The van der Waals surface area contributed by atoms with Crippen molar-refractivity contribution in [1.29, 1.82) is 0 Å². The van der Waals surface area contributed by atoms with Crippen molar-refractivity contribution in [3.8, 4) is 0 Å². The number of aliphatic carboxylic acids is 3. The van der Waals surface area contributed by atoms with E-state index in [2.05, 4.69) is 81.5 Å². The van der Waals surface area contributed by atoms with E-state index in [1.54, 1.807) is 0 Å². The zero-order chi connectivity index (χ0) is 44.7. The van der Waals surface area contributed by atoms with Crippen molar-refractivity contribution in [2.45, 2.75) is 265 Å². The fourth-order valence-corrected chi connectivity index (χ4v) is 6.63. The summed E-state index contributed by atoms with van der Waals surface area (Å²) in [6, 6.07) is 0. The molecule has 0 aliphatic rings. The van der Waals surface area contributed by atoms with Crippen molar-refractivity contribution in [2.24, 2.45) is 0 Å². The zero-order valence-electron chi connectivity index (χ0n) is 39.7. The normalized spacial score (nSPS) is 11.5. The van der Waals surface area contributed by atoms with Gasteiger partial charge in [-0.3, -0.25) is 14.4 Å². The highest BCUT2D eigenvalue weighted by Gasteiger charge is 1.98. The monoisotopic (exact) mass is 843 g/mol. The highest BCUT2D eigenvalue weighted by Crippen LogP contribution is 2.14. The van der Waals surface area contributed by atoms with Crippen LogP contribution in [0, 0.1) is 0 Å². The minimum Gasteiger partial charge on any atom is -0.481 e. The molecule has 0 fully saturated rings. The molecular formula is C54H98O6. The number of unbranched alkanes of at least 4 members (excludes halogenated alkanes) is 27. The zero-order valence-corrected chi connectivity index (χ0v) is 39.7. The molecular weight excluding hydrogens is 745 g/mol. The van der Waals surface area contributed by atoms with Gasteiger partial charge >= 0.3 is 17.9 Å². The lowest BCUT2D eigenvalue weighted by Crippen LogP contribution is -1.93. The summed E-state index contributed by atoms with van der Waals surface area (Å²) in [5.74, 6) is -2.00. The van der Waals surface area contributed by atoms with Crippen LogP contribution in [0.15, 0.2) is 60.8 Å². The van der Waals surface area contributed by atoms with Gasteiger partial charge in [-0.25, -0.2) is 0 Å². The molecule has 0 aliphatic carbocycles. The number of carboxylic acids is 3. The van der Waals surface area contributed by atoms with Gasteiger partial charge in [0, 0.05) is 19.3 Å². The fraction of sp³-hybridized carbons (Fsp3) is 0.759. The van der Waals surface area contributed by atoms with E-state index in [1.807, 2.05) is 0 Å². The molecule has 6 heteroatoms. The van der Waals surface area contributed by atoms with E-state index in [9.17, 15) is 14.4 Å². The van der Waals surface area contributed by atoms with E-state index in [0.29, 0.717) is 19.3 Å². The molecule has 60 heavy (non-hydrogen) atoms. The van der Waals surface area contributed by atoms with Crippen molar-refractivity contribution in [3.63, 3.8) is 0 Å². The van der Waals surface area contributed by atoms with Crippen molar-refractivity contribution < 1.29 is 29.7 Å². The molecule has 350 valence electrons. The minimum absolute atomic E-state index is 0.319. The van der Waals surface area contributed by atoms with Crippen LogP contribution in [0.25, 0.3) is 0 Å². The third kappa shape index (κ3) is 69.7. The van der Waals surface area contributed by atoms with Crippen LogP contribution in [0.2, 0.25) is 0 Å². The standard InChI is InChI=1S/C18H36O2.C18H32O2.C18H30O2/c3*1-2-3-4-5-6-7-8-9-10-11-12-13-14-15-16-17-18(19)20/h2-17H2,1H3,(H,19,20);6-7,9-10H,2-5,8,11-17H2,1H3,(H,19,20);3-4,6-7,9-10H,2,5,8,11-17H2,1H3,(H,19,20)/b;7-6-,10-9-;4-3-,7-6-,10-9-. The van der Waals surface area contributed by atoms with Crippen LogP contribution in [-0.2, 0) is 14.4 Å². The first-order valence-corrected chi connectivity index (χ1v) is 25.2. The summed E-state index contributed by atoms with van der Waals surface area (Å²) in [6.45, 7) is 6.65. The minimum atomic E-state index is -0.675. The molecule has 0 spiro atoms. The van der Waals surface area contributed by atoms with Gasteiger partial charge in [0.25, 0.3) is 0 Å². The Hall–Kier alpha value is -2.89. The summed E-state index contributed by atoms with van der Waals surface area (Å²) in [7, 11) is 0. The molecule has 0 aromatic heterocycles. The molecule has 3 N–H and O–H groups in total. The topological polar surface area (TPSA) is 112 Å². The molecule has 6 nitrogen and oxygen atoms in total. The summed E-state index contributed by atoms with van der Waals surface area (Å²) in [5, 5.41) is 25.5. The second-order valence-electron chi connectivity index (χ2n) is 16.5. The van der Waals surface area contributed by atoms with E-state index in [4.69, 9.17) is 15.3 Å². The second kappa shape index (κ2) is 58.2. The number of rotatable bonds is 43. The molecule has 0 atom stereocenters. The van der Waals surface area contributed by atoms with E-state index in [-0.39, 0.29) is 0 Å². The van der Waals surface area contributed by atoms with Gasteiger partial charge in [-0.2, -0.15) is 0 Å². The Bertz CT molecular complexity index is 1020. The Kier molecular flexibility index (Phi) is 59.6. The summed E-state index contributed by atoms with van der Waals surface area (Å²) < 4.78 is 0. The third-order valence-corrected chi connectivity index (χ3v) is 10.4. The maximum atomic E-state index is 10.3. The quantitative estimate of drug-likeness (QED) is 0.0416. The molecule has 0 heterocycles. The van der Waals surface area contributed by atoms with E-state index >= 15 is 0 Å². The largest absolute Gasteiger partial charge is 0.481 e. The fourth-order valence-electron chi connectivity index (χ4n) is 6.63. The van der Waals surface area contributed by atoms with Gasteiger partial charge in [-0.05, 0) is 83.5 Å². The molecule has 0 radical (unpaired) electrons. The van der Waals surface area contributed by atoms with Crippen LogP contribution in [0.4, 0.5) is 0 Å². The van der Waals surface area contributed by atoms with E-state index in [0.717, 1.165) is 83.5 Å². The molecule has 0 saturated carbocycles. The van der Waals surface area contributed by atoms with Gasteiger partial charge in [-0.1, -0.05) is 223 Å². The summed E-state index contributed by atoms with van der Waals surface area (Å²) in [5.41, 5.74) is 0. The average Bonchev–Trinajstić information content (AvgIpc) is 3.22. The predicted molar refractivity (Wildman–Crippen MR) is 261 cm³/mol. The molecule has 0 aromatic rings. The van der Waals surface area contributed by atoms with Crippen LogP contribution < -0.4 is 0 Å². The van der Waals surface area contributed by atoms with Gasteiger partial charge in [0.05, 0.1) is 0 Å². The molecule has 0 saturated heterocycles. The SMILES string of the molecule is CC/C=C\C/C=C\C/C=C\CCCCCCCC(=O)O.CCCCC/C=C\C/C=C\CCCCCCCC(=O)O.CCCCCCCCCCCCCCCCCC(=O)O. The molecule has 0 rings (SSSR count). The first kappa shape index (κ1) is 61.4. The first-order chi connectivity index (χ1) is 29.3. The maximum absolute atomic E-state index is 10.3. The van der Waals surface area contributed by atoms with Gasteiger partial charge in [-0.15, -0.1) is 0 Å². The van der Waals surface area contributed by atoms with Gasteiger partial charge in [0.2, 0.25) is 0 Å². The summed E-state index contributed by atoms with van der Waals surface area (Å²) >= 11 is 0. The highest BCUT2D eigenvalue weighted by molar-refractivity contribution is 5.67. The lowest BCUT2D eigenvalue weighted by atomic mass is 10.0. The van der Waals surface area contributed by atoms with Crippen molar-refractivity contribution in [1.82, 2.24) is 0 Å². The number of hydrogen-bond donors (Lipinski definition) is 3. The Balaban J connectivity index is -0.000000812. The Morgan fingerprint density at radius 1 is 0.283 bits per heavy atom. The van der Waals surface area contributed by atoms with Crippen LogP contribution in [0.3, 0.4) is 0 Å². The van der Waals surface area contributed by atoms with Crippen molar-refractivity contribution in [3.05, 3.63) is 60.8 Å². The molecule has 0 aromatic carbocycles. The van der Waals surface area contributed by atoms with Crippen LogP contribution in [0.1, 0.15) is 265 Å². The molecule has 0 unspecified atom stereocenters. The third-order valence-electron chi connectivity index (χ3n) is 10.4. The maximum Gasteiger partial charge on any atom is 0.303 e. The lowest BCUT2D eigenvalue weighted by Gasteiger charge is -2.03. The van der Waals surface area contributed by atoms with E-state index in [1.165, 1.54) is 141 Å². The average molecular weight is 843 g/mol. The van der Waals surface area contributed by atoms with Crippen LogP contribution in [-0.4, -0.2) is 33.2 Å². The highest BCUT2D eigenvalue weighted by atomic mass is 16.4. The molecule has 0 amide bonds. The first-order valence-electron chi connectivity index (χ1n) is 25.2. The Morgan fingerprint density at radius 2 is 0.500 bits per heavy atom. The van der Waals surface area contributed by atoms with Crippen molar-refractivity contribution in [2.75, 3.05) is 0 Å². The summed E-state index contributed by atoms with van der Waals surface area (Å²) in [4.78, 5) is 31.0. The smallest absolute Gasteiger partial charge is 0.303 e. The van der Waals surface area contributed by atoms with Gasteiger partial charge in [0.1, 0.15) is 0 Å². The van der Waals surface area contributed by atoms with Crippen LogP contribution in [0.5, 0.6) is 0 Å². The van der Waals surface area contributed by atoms with Crippen molar-refractivity contribution >= 4 is 17.9 Å². The number of allylic oxidation sites excluding steroid dienone is 10. The predicted octanol–water partition coefficient (Wildman–Crippen LogP) is 17.9.